The minimum atomic E-state index is -3.54. The normalized spacial score (nSPS) is 17.3. The van der Waals surface area contributed by atoms with Crippen molar-refractivity contribution < 1.29 is 13.2 Å². The molecule has 11 heteroatoms. The zero-order valence-corrected chi connectivity index (χ0v) is 24.0. The molecule has 9 nitrogen and oxygen atoms in total. The molecule has 5 rings (SSSR count). The van der Waals surface area contributed by atoms with Gasteiger partial charge in [0.1, 0.15) is 11.6 Å². The van der Waals surface area contributed by atoms with Crippen molar-refractivity contribution in [3.63, 3.8) is 0 Å². The Balaban J connectivity index is 1.69. The number of aromatic nitrogens is 3. The minimum Gasteiger partial charge on any atom is -0.495 e. The van der Waals surface area contributed by atoms with Crippen LogP contribution in [-0.2, 0) is 10.0 Å². The fourth-order valence-electron chi connectivity index (χ4n) is 5.20. The van der Waals surface area contributed by atoms with Gasteiger partial charge < -0.3 is 19.5 Å². The van der Waals surface area contributed by atoms with E-state index in [1.54, 1.807) is 24.5 Å². The highest BCUT2D eigenvalue weighted by atomic mass is 32.2. The molecule has 1 fully saturated rings. The zero-order chi connectivity index (χ0) is 27.9. The average Bonchev–Trinajstić information content (AvgIpc) is 3.39. The van der Waals surface area contributed by atoms with Crippen LogP contribution in [0, 0.1) is 20.8 Å². The molecule has 1 saturated heterocycles. The van der Waals surface area contributed by atoms with Gasteiger partial charge in [-0.25, -0.2) is 13.4 Å². The fourth-order valence-corrected chi connectivity index (χ4v) is 6.10. The van der Waals surface area contributed by atoms with Crippen LogP contribution in [0.1, 0.15) is 40.3 Å². The number of hydrogen-bond donors (Lipinski definition) is 2. The van der Waals surface area contributed by atoms with E-state index in [-0.39, 0.29) is 12.1 Å². The van der Waals surface area contributed by atoms with Gasteiger partial charge >= 0.3 is 0 Å². The zero-order valence-electron chi connectivity index (χ0n) is 22.3. The third-order valence-electron chi connectivity index (χ3n) is 6.84. The van der Waals surface area contributed by atoms with Crippen LogP contribution in [0.5, 0.6) is 5.75 Å². The largest absolute Gasteiger partial charge is 0.495 e. The SMILES string of the molecule is COc1ccc(N2C(=S)N[C@H](c3ccccn3)[C@@H]2c2cc(C)n(-c3ncccc3C)c2C)cc1NS(C)(=O)=O. The van der Waals surface area contributed by atoms with Crippen molar-refractivity contribution in [2.24, 2.45) is 0 Å². The lowest BCUT2D eigenvalue weighted by molar-refractivity contribution is 0.417. The second kappa shape index (κ2) is 10.3. The topological polar surface area (TPSA) is 101 Å². The number of nitrogens with one attached hydrogen (secondary N) is 2. The first-order valence-corrected chi connectivity index (χ1v) is 14.7. The second-order valence-corrected chi connectivity index (χ2v) is 11.7. The van der Waals surface area contributed by atoms with Gasteiger partial charge in [-0.05, 0) is 86.6 Å². The summed E-state index contributed by atoms with van der Waals surface area (Å²) in [7, 11) is -2.05. The van der Waals surface area contributed by atoms with Crippen molar-refractivity contribution >= 4 is 38.7 Å². The van der Waals surface area contributed by atoms with Gasteiger partial charge in [-0.3, -0.25) is 9.71 Å². The van der Waals surface area contributed by atoms with Crippen LogP contribution in [0.3, 0.4) is 0 Å². The molecule has 0 amide bonds. The number of ether oxygens (including phenoxy) is 1. The van der Waals surface area contributed by atoms with Gasteiger partial charge in [0.05, 0.1) is 36.8 Å². The van der Waals surface area contributed by atoms with Crippen LogP contribution in [-0.4, -0.2) is 41.4 Å². The van der Waals surface area contributed by atoms with Crippen molar-refractivity contribution in [2.45, 2.75) is 32.9 Å². The van der Waals surface area contributed by atoms with Crippen molar-refractivity contribution in [3.05, 3.63) is 95.2 Å². The Morgan fingerprint density at radius 2 is 1.79 bits per heavy atom. The predicted molar refractivity (Wildman–Crippen MR) is 157 cm³/mol. The Kier molecular flexibility index (Phi) is 7.04. The van der Waals surface area contributed by atoms with Gasteiger partial charge in [-0.1, -0.05) is 12.1 Å². The number of methoxy groups -OCH3 is 1. The summed E-state index contributed by atoms with van der Waals surface area (Å²) in [5.74, 6) is 1.28. The highest BCUT2D eigenvalue weighted by Gasteiger charge is 2.42. The van der Waals surface area contributed by atoms with Gasteiger partial charge in [0.15, 0.2) is 5.11 Å². The molecule has 0 spiro atoms. The first-order chi connectivity index (χ1) is 18.6. The van der Waals surface area contributed by atoms with Crippen LogP contribution in [0.2, 0.25) is 0 Å². The summed E-state index contributed by atoms with van der Waals surface area (Å²) in [6, 6.07) is 16.7. The molecular weight excluding hydrogens is 532 g/mol. The Bertz CT molecular complexity index is 1650. The van der Waals surface area contributed by atoms with E-state index in [2.05, 4.69) is 44.5 Å². The van der Waals surface area contributed by atoms with Crippen LogP contribution in [0.15, 0.2) is 67.0 Å². The highest BCUT2D eigenvalue weighted by Crippen LogP contribution is 2.45. The van der Waals surface area contributed by atoms with Crippen LogP contribution in [0.25, 0.3) is 5.82 Å². The van der Waals surface area contributed by atoms with Crippen LogP contribution in [0.4, 0.5) is 11.4 Å². The van der Waals surface area contributed by atoms with E-state index >= 15 is 0 Å². The number of pyridine rings is 2. The van der Waals surface area contributed by atoms with E-state index in [4.69, 9.17) is 17.0 Å². The Labute approximate surface area is 233 Å². The van der Waals surface area contributed by atoms with E-state index in [1.165, 1.54) is 7.11 Å². The number of aryl methyl sites for hydroxylation is 2. The number of rotatable bonds is 7. The number of sulfonamides is 1. The molecule has 2 N–H and O–H groups in total. The summed E-state index contributed by atoms with van der Waals surface area (Å²) < 4.78 is 34.3. The highest BCUT2D eigenvalue weighted by molar-refractivity contribution is 7.92. The van der Waals surface area contributed by atoms with Gasteiger partial charge in [-0.15, -0.1) is 0 Å². The van der Waals surface area contributed by atoms with E-state index in [0.29, 0.717) is 22.2 Å². The monoisotopic (exact) mass is 562 g/mol. The molecule has 0 radical (unpaired) electrons. The maximum absolute atomic E-state index is 12.1. The molecule has 202 valence electrons. The molecule has 39 heavy (non-hydrogen) atoms. The summed E-state index contributed by atoms with van der Waals surface area (Å²) in [4.78, 5) is 11.3. The number of anilines is 2. The minimum absolute atomic E-state index is 0.258. The van der Waals surface area contributed by atoms with E-state index < -0.39 is 10.0 Å². The molecule has 0 unspecified atom stereocenters. The Morgan fingerprint density at radius 1 is 1.03 bits per heavy atom. The van der Waals surface area contributed by atoms with Crippen molar-refractivity contribution in [1.82, 2.24) is 19.9 Å². The van der Waals surface area contributed by atoms with E-state index in [9.17, 15) is 8.42 Å². The second-order valence-electron chi connectivity index (χ2n) is 9.56. The van der Waals surface area contributed by atoms with E-state index in [1.807, 2.05) is 48.2 Å². The number of nitrogens with zero attached hydrogens (tertiary/aromatic N) is 4. The first-order valence-electron chi connectivity index (χ1n) is 12.4. The van der Waals surface area contributed by atoms with Crippen molar-refractivity contribution in [3.8, 4) is 11.6 Å². The van der Waals surface area contributed by atoms with Crippen molar-refractivity contribution in [2.75, 3.05) is 23.0 Å². The molecule has 0 bridgehead atoms. The average molecular weight is 563 g/mol. The number of benzene rings is 1. The third kappa shape index (κ3) is 5.07. The van der Waals surface area contributed by atoms with Crippen LogP contribution < -0.4 is 19.7 Å². The van der Waals surface area contributed by atoms with Gasteiger partial charge in [0.2, 0.25) is 10.0 Å². The molecule has 0 aliphatic carbocycles. The summed E-state index contributed by atoms with van der Waals surface area (Å²) in [6.45, 7) is 6.19. The maximum atomic E-state index is 12.1. The molecule has 1 aliphatic rings. The fraction of sp³-hybridized carbons (Fsp3) is 0.250. The standard InChI is InChI=1S/C28H30N6O3S2/c1-17-9-8-14-30-27(17)33-18(2)15-21(19(33)3)26-25(22-10-6-7-13-29-22)31-28(38)34(26)20-11-12-24(37-4)23(16-20)32-39(5,35)36/h6-16,25-26,32H,1-5H3,(H,31,38)/t25-,26+/m1/s1. The molecular formula is C28H30N6O3S2. The predicted octanol–water partition coefficient (Wildman–Crippen LogP) is 4.75. The lowest BCUT2D eigenvalue weighted by atomic mass is 9.96. The van der Waals surface area contributed by atoms with Gasteiger partial charge in [0, 0.05) is 29.5 Å². The Hall–Kier alpha value is -3.96. The van der Waals surface area contributed by atoms with Crippen LogP contribution >= 0.6 is 12.2 Å². The van der Waals surface area contributed by atoms with Gasteiger partial charge in [0.25, 0.3) is 0 Å². The molecule has 1 aromatic carbocycles. The lowest BCUT2D eigenvalue weighted by Gasteiger charge is -2.29. The molecule has 2 atom stereocenters. The number of hydrogen-bond acceptors (Lipinski definition) is 6. The van der Waals surface area contributed by atoms with Crippen molar-refractivity contribution in [1.29, 1.82) is 0 Å². The van der Waals surface area contributed by atoms with Gasteiger partial charge in [-0.2, -0.15) is 0 Å². The Morgan fingerprint density at radius 3 is 2.46 bits per heavy atom. The maximum Gasteiger partial charge on any atom is 0.229 e. The van der Waals surface area contributed by atoms with E-state index in [0.717, 1.165) is 40.3 Å². The first kappa shape index (κ1) is 26.6. The quantitative estimate of drug-likeness (QED) is 0.311. The third-order valence-corrected chi connectivity index (χ3v) is 7.74. The summed E-state index contributed by atoms with van der Waals surface area (Å²) in [6.07, 6.45) is 4.67. The summed E-state index contributed by atoms with van der Waals surface area (Å²) in [5.41, 5.74) is 6.06. The lowest BCUT2D eigenvalue weighted by Crippen LogP contribution is -2.29. The number of thiocarbonyl (C=S) groups is 1. The molecule has 3 aromatic heterocycles. The summed E-state index contributed by atoms with van der Waals surface area (Å²) >= 11 is 5.89. The smallest absolute Gasteiger partial charge is 0.229 e. The molecule has 4 heterocycles. The molecule has 4 aromatic rings. The molecule has 0 saturated carbocycles. The summed E-state index contributed by atoms with van der Waals surface area (Å²) in [5, 5.41) is 3.98. The molecule has 1 aliphatic heterocycles.